The van der Waals surface area contributed by atoms with Crippen LogP contribution in [0.5, 0.6) is 0 Å². The Hall–Kier alpha value is -1.93. The summed E-state index contributed by atoms with van der Waals surface area (Å²) < 4.78 is 27.0. The molecule has 1 unspecified atom stereocenters. The molecule has 1 fully saturated rings. The largest absolute Gasteiger partial charge is 0.348 e. The van der Waals surface area contributed by atoms with E-state index in [0.29, 0.717) is 26.2 Å². The summed E-state index contributed by atoms with van der Waals surface area (Å²) in [5, 5.41) is 3.21. The third-order valence-electron chi connectivity index (χ3n) is 4.83. The minimum Gasteiger partial charge on any atom is -0.348 e. The average molecular weight is 422 g/mol. The second-order valence-electron chi connectivity index (χ2n) is 6.81. The van der Waals surface area contributed by atoms with Crippen molar-refractivity contribution in [2.24, 2.45) is 0 Å². The van der Waals surface area contributed by atoms with Crippen LogP contribution in [0.15, 0.2) is 59.5 Å². The summed E-state index contributed by atoms with van der Waals surface area (Å²) in [7, 11) is -3.63. The van der Waals surface area contributed by atoms with Crippen molar-refractivity contribution in [3.8, 4) is 0 Å². The topological polar surface area (TPSA) is 69.7 Å². The summed E-state index contributed by atoms with van der Waals surface area (Å²) in [6, 6.07) is 16.1. The van der Waals surface area contributed by atoms with Gasteiger partial charge in [-0.25, -0.2) is 8.42 Å². The average Bonchev–Trinajstić information content (AvgIpc) is 2.69. The number of sulfonamides is 1. The molecule has 1 heterocycles. The number of amides is 1. The molecule has 0 bridgehead atoms. The molecule has 0 radical (unpaired) electrons. The quantitative estimate of drug-likeness (QED) is 0.778. The van der Waals surface area contributed by atoms with Gasteiger partial charge in [0.15, 0.2) is 0 Å². The number of rotatable bonds is 6. The fourth-order valence-electron chi connectivity index (χ4n) is 3.24. The van der Waals surface area contributed by atoms with Crippen molar-refractivity contribution >= 4 is 27.5 Å². The molecule has 1 saturated heterocycles. The minimum atomic E-state index is -3.63. The summed E-state index contributed by atoms with van der Waals surface area (Å²) in [6.07, 6.45) is 0. The lowest BCUT2D eigenvalue weighted by molar-refractivity contribution is -0.123. The standard InChI is InChI=1S/C20H24ClN3O3S/c1-16(17-7-3-2-4-8-17)22-20(25)15-23-11-13-24(14-12-23)28(26,27)19-10-6-5-9-18(19)21/h2-10,16H,11-15H2,1H3,(H,22,25). The summed E-state index contributed by atoms with van der Waals surface area (Å²) in [4.78, 5) is 14.4. The van der Waals surface area contributed by atoms with Gasteiger partial charge >= 0.3 is 0 Å². The van der Waals surface area contributed by atoms with Gasteiger partial charge in [-0.15, -0.1) is 0 Å². The van der Waals surface area contributed by atoms with E-state index >= 15 is 0 Å². The van der Waals surface area contributed by atoms with Gasteiger partial charge in [0, 0.05) is 26.2 Å². The van der Waals surface area contributed by atoms with E-state index in [0.717, 1.165) is 5.56 Å². The molecule has 0 aromatic heterocycles. The Labute approximate surface area is 171 Å². The Bertz CT molecular complexity index is 913. The molecule has 8 heteroatoms. The third kappa shape index (κ3) is 4.91. The van der Waals surface area contributed by atoms with Crippen molar-refractivity contribution in [1.29, 1.82) is 0 Å². The Morgan fingerprint density at radius 3 is 2.29 bits per heavy atom. The van der Waals surface area contributed by atoms with Crippen LogP contribution >= 0.6 is 11.6 Å². The molecule has 2 aromatic carbocycles. The highest BCUT2D eigenvalue weighted by Gasteiger charge is 2.30. The van der Waals surface area contributed by atoms with Gasteiger partial charge in [0.2, 0.25) is 15.9 Å². The zero-order valence-corrected chi connectivity index (χ0v) is 17.3. The van der Waals surface area contributed by atoms with E-state index in [1.54, 1.807) is 18.2 Å². The number of carbonyl (C=O) groups excluding carboxylic acids is 1. The van der Waals surface area contributed by atoms with E-state index in [1.165, 1.54) is 10.4 Å². The predicted molar refractivity (Wildman–Crippen MR) is 110 cm³/mol. The molecule has 1 aliphatic heterocycles. The van der Waals surface area contributed by atoms with E-state index < -0.39 is 10.0 Å². The fraction of sp³-hybridized carbons (Fsp3) is 0.350. The SMILES string of the molecule is CC(NC(=O)CN1CCN(S(=O)(=O)c2ccccc2Cl)CC1)c1ccccc1. The summed E-state index contributed by atoms with van der Waals surface area (Å²) in [5.74, 6) is -0.0706. The second kappa shape index (κ2) is 9.05. The molecule has 3 rings (SSSR count). The van der Waals surface area contributed by atoms with Crippen LogP contribution < -0.4 is 5.32 Å². The number of nitrogens with zero attached hydrogens (tertiary/aromatic N) is 2. The Morgan fingerprint density at radius 2 is 1.64 bits per heavy atom. The highest BCUT2D eigenvalue weighted by Crippen LogP contribution is 2.25. The molecular weight excluding hydrogens is 398 g/mol. The van der Waals surface area contributed by atoms with Crippen molar-refractivity contribution in [1.82, 2.24) is 14.5 Å². The molecule has 1 aliphatic rings. The first-order valence-corrected chi connectivity index (χ1v) is 11.0. The van der Waals surface area contributed by atoms with Crippen LogP contribution in [0.4, 0.5) is 0 Å². The predicted octanol–water partition coefficient (Wildman–Crippen LogP) is 2.52. The number of carbonyl (C=O) groups is 1. The highest BCUT2D eigenvalue weighted by atomic mass is 35.5. The van der Waals surface area contributed by atoms with Crippen molar-refractivity contribution in [2.45, 2.75) is 17.9 Å². The summed E-state index contributed by atoms with van der Waals surface area (Å²) >= 11 is 6.06. The van der Waals surface area contributed by atoms with Gasteiger partial charge in [0.05, 0.1) is 17.6 Å². The van der Waals surface area contributed by atoms with Gasteiger partial charge in [-0.1, -0.05) is 54.1 Å². The van der Waals surface area contributed by atoms with Crippen molar-refractivity contribution in [3.63, 3.8) is 0 Å². The minimum absolute atomic E-state index is 0.0706. The molecule has 2 aromatic rings. The van der Waals surface area contributed by atoms with Crippen LogP contribution in [-0.4, -0.2) is 56.3 Å². The number of hydrogen-bond donors (Lipinski definition) is 1. The molecule has 1 amide bonds. The molecule has 28 heavy (non-hydrogen) atoms. The van der Waals surface area contributed by atoms with Crippen LogP contribution in [0, 0.1) is 0 Å². The fourth-order valence-corrected chi connectivity index (χ4v) is 5.15. The zero-order valence-electron chi connectivity index (χ0n) is 15.7. The van der Waals surface area contributed by atoms with Gasteiger partial charge in [-0.2, -0.15) is 4.31 Å². The first-order valence-electron chi connectivity index (χ1n) is 9.19. The zero-order chi connectivity index (χ0) is 20.1. The third-order valence-corrected chi connectivity index (χ3v) is 7.23. The lowest BCUT2D eigenvalue weighted by Crippen LogP contribution is -2.51. The first kappa shape index (κ1) is 20.8. The molecule has 1 N–H and O–H groups in total. The maximum Gasteiger partial charge on any atom is 0.244 e. The molecule has 6 nitrogen and oxygen atoms in total. The summed E-state index contributed by atoms with van der Waals surface area (Å²) in [5.41, 5.74) is 1.05. The Morgan fingerprint density at radius 1 is 1.04 bits per heavy atom. The molecule has 150 valence electrons. The Balaban J connectivity index is 1.53. The van der Waals surface area contributed by atoms with Crippen molar-refractivity contribution in [2.75, 3.05) is 32.7 Å². The smallest absolute Gasteiger partial charge is 0.244 e. The van der Waals surface area contributed by atoms with E-state index in [1.807, 2.05) is 42.2 Å². The first-order chi connectivity index (χ1) is 13.4. The molecule has 0 saturated carbocycles. The molecular formula is C20H24ClN3O3S. The van der Waals surface area contributed by atoms with Crippen LogP contribution in [0.1, 0.15) is 18.5 Å². The number of nitrogens with one attached hydrogen (secondary N) is 1. The second-order valence-corrected chi connectivity index (χ2v) is 9.12. The van der Waals surface area contributed by atoms with Crippen LogP contribution in [0.25, 0.3) is 0 Å². The van der Waals surface area contributed by atoms with Crippen LogP contribution in [-0.2, 0) is 14.8 Å². The lowest BCUT2D eigenvalue weighted by atomic mass is 10.1. The van der Waals surface area contributed by atoms with Gasteiger partial charge in [0.25, 0.3) is 0 Å². The monoisotopic (exact) mass is 421 g/mol. The van der Waals surface area contributed by atoms with E-state index in [4.69, 9.17) is 11.6 Å². The summed E-state index contributed by atoms with van der Waals surface area (Å²) in [6.45, 7) is 3.84. The Kier molecular flexibility index (Phi) is 6.72. The maximum absolute atomic E-state index is 12.8. The van der Waals surface area contributed by atoms with Gasteiger partial charge < -0.3 is 5.32 Å². The molecule has 0 aliphatic carbocycles. The van der Waals surface area contributed by atoms with E-state index in [-0.39, 0.29) is 28.4 Å². The van der Waals surface area contributed by atoms with Gasteiger partial charge in [0.1, 0.15) is 4.90 Å². The van der Waals surface area contributed by atoms with Crippen molar-refractivity contribution in [3.05, 3.63) is 65.2 Å². The van der Waals surface area contributed by atoms with Crippen LogP contribution in [0.3, 0.4) is 0 Å². The van der Waals surface area contributed by atoms with Gasteiger partial charge in [-0.3, -0.25) is 9.69 Å². The highest BCUT2D eigenvalue weighted by molar-refractivity contribution is 7.89. The van der Waals surface area contributed by atoms with E-state index in [2.05, 4.69) is 5.32 Å². The van der Waals surface area contributed by atoms with Crippen LogP contribution in [0.2, 0.25) is 5.02 Å². The normalized spacial score (nSPS) is 17.2. The molecule has 0 spiro atoms. The molecule has 1 atom stereocenters. The maximum atomic E-state index is 12.8. The van der Waals surface area contributed by atoms with E-state index in [9.17, 15) is 13.2 Å². The van der Waals surface area contributed by atoms with Gasteiger partial charge in [-0.05, 0) is 24.6 Å². The number of halogens is 1. The van der Waals surface area contributed by atoms with Crippen molar-refractivity contribution < 1.29 is 13.2 Å². The number of benzene rings is 2. The number of hydrogen-bond acceptors (Lipinski definition) is 4. The number of piperazine rings is 1. The lowest BCUT2D eigenvalue weighted by Gasteiger charge is -2.33.